The van der Waals surface area contributed by atoms with Gasteiger partial charge in [0.05, 0.1) is 9.79 Å². The number of nitrogens with zero attached hydrogens (tertiary/aromatic N) is 1. The first kappa shape index (κ1) is 21.0. The lowest BCUT2D eigenvalue weighted by molar-refractivity contribution is 0.0951. The van der Waals surface area contributed by atoms with E-state index in [2.05, 4.69) is 5.32 Å². The summed E-state index contributed by atoms with van der Waals surface area (Å²) in [6, 6.07) is 12.1. The molecule has 0 aromatic heterocycles. The molecule has 0 spiro atoms. The van der Waals surface area contributed by atoms with Crippen LogP contribution in [0, 0.1) is 0 Å². The summed E-state index contributed by atoms with van der Waals surface area (Å²) < 4.78 is 51.1. The zero-order valence-corrected chi connectivity index (χ0v) is 17.8. The molecular formula is C20H23N3O5S2. The summed E-state index contributed by atoms with van der Waals surface area (Å²) in [5.41, 5.74) is 1.28. The maximum Gasteiger partial charge on any atom is 0.251 e. The second-order valence-corrected chi connectivity index (χ2v) is 11.2. The third kappa shape index (κ3) is 4.72. The van der Waals surface area contributed by atoms with Gasteiger partial charge in [-0.15, -0.1) is 0 Å². The maximum atomic E-state index is 13.2. The van der Waals surface area contributed by atoms with Crippen molar-refractivity contribution in [3.05, 3.63) is 59.7 Å². The first-order valence-electron chi connectivity index (χ1n) is 9.69. The number of carbonyl (C=O) groups is 1. The van der Waals surface area contributed by atoms with Gasteiger partial charge >= 0.3 is 0 Å². The zero-order chi connectivity index (χ0) is 21.5. The van der Waals surface area contributed by atoms with Crippen LogP contribution in [-0.4, -0.2) is 39.1 Å². The van der Waals surface area contributed by atoms with Gasteiger partial charge in [-0.2, -0.15) is 4.31 Å². The lowest BCUT2D eigenvalue weighted by Gasteiger charge is -2.22. The molecule has 3 N–H and O–H groups in total. The van der Waals surface area contributed by atoms with E-state index in [1.807, 2.05) is 0 Å². The van der Waals surface area contributed by atoms with Gasteiger partial charge in [0, 0.05) is 24.2 Å². The number of amides is 1. The van der Waals surface area contributed by atoms with Crippen LogP contribution in [0.2, 0.25) is 0 Å². The van der Waals surface area contributed by atoms with Crippen molar-refractivity contribution in [1.82, 2.24) is 9.62 Å². The van der Waals surface area contributed by atoms with E-state index in [0.29, 0.717) is 5.56 Å². The number of nitrogens with one attached hydrogen (secondary N) is 1. The maximum absolute atomic E-state index is 13.2. The van der Waals surface area contributed by atoms with Gasteiger partial charge < -0.3 is 5.32 Å². The summed E-state index contributed by atoms with van der Waals surface area (Å²) in [7, 11) is -7.93. The van der Waals surface area contributed by atoms with Crippen LogP contribution in [0.5, 0.6) is 0 Å². The van der Waals surface area contributed by atoms with Crippen molar-refractivity contribution in [3.63, 3.8) is 0 Å². The van der Waals surface area contributed by atoms with Gasteiger partial charge in [-0.1, -0.05) is 18.2 Å². The molecule has 0 saturated heterocycles. The molecule has 2 aromatic carbocycles. The Morgan fingerprint density at radius 2 is 1.60 bits per heavy atom. The quantitative estimate of drug-likeness (QED) is 0.633. The molecule has 0 bridgehead atoms. The fourth-order valence-corrected chi connectivity index (χ4v) is 5.51. The smallest absolute Gasteiger partial charge is 0.251 e. The Bertz CT molecular complexity index is 1170. The molecular weight excluding hydrogens is 426 g/mol. The summed E-state index contributed by atoms with van der Waals surface area (Å²) in [5, 5.41) is 8.06. The van der Waals surface area contributed by atoms with Crippen LogP contribution in [0.3, 0.4) is 0 Å². The summed E-state index contributed by atoms with van der Waals surface area (Å²) in [5.74, 6) is -0.129. The Morgan fingerprint density at radius 3 is 2.17 bits per heavy atom. The molecule has 30 heavy (non-hydrogen) atoms. The number of benzene rings is 2. The number of hydrogen-bond donors (Lipinski definition) is 2. The molecule has 2 saturated carbocycles. The number of hydrogen-bond acceptors (Lipinski definition) is 5. The molecule has 2 aromatic rings. The van der Waals surface area contributed by atoms with E-state index in [1.165, 1.54) is 22.5 Å². The highest BCUT2D eigenvalue weighted by Gasteiger charge is 2.38. The molecule has 0 aliphatic heterocycles. The van der Waals surface area contributed by atoms with Crippen molar-refractivity contribution in [2.24, 2.45) is 5.14 Å². The van der Waals surface area contributed by atoms with Crippen LogP contribution in [0.4, 0.5) is 0 Å². The fraction of sp³-hybridized carbons (Fsp3) is 0.350. The Morgan fingerprint density at radius 1 is 0.967 bits per heavy atom. The van der Waals surface area contributed by atoms with Gasteiger partial charge in [-0.25, -0.2) is 22.0 Å². The lowest BCUT2D eigenvalue weighted by Crippen LogP contribution is -2.33. The minimum absolute atomic E-state index is 0.110. The molecule has 4 rings (SSSR count). The Kier molecular flexibility index (Phi) is 5.43. The zero-order valence-electron chi connectivity index (χ0n) is 16.2. The van der Waals surface area contributed by atoms with Crippen LogP contribution in [0.15, 0.2) is 58.3 Å². The van der Waals surface area contributed by atoms with Crippen molar-refractivity contribution >= 4 is 26.0 Å². The molecule has 2 aliphatic rings. The normalized spacial score (nSPS) is 17.1. The van der Waals surface area contributed by atoms with Crippen LogP contribution in [0.25, 0.3) is 0 Å². The van der Waals surface area contributed by atoms with E-state index in [1.54, 1.807) is 24.3 Å². The van der Waals surface area contributed by atoms with E-state index >= 15 is 0 Å². The highest BCUT2D eigenvalue weighted by molar-refractivity contribution is 7.90. The second-order valence-electron chi connectivity index (χ2n) is 7.75. The third-order valence-corrected chi connectivity index (χ3v) is 7.97. The second kappa shape index (κ2) is 7.77. The third-order valence-electron chi connectivity index (χ3n) is 5.16. The topological polar surface area (TPSA) is 127 Å². The molecule has 0 heterocycles. The van der Waals surface area contributed by atoms with E-state index in [-0.39, 0.29) is 34.3 Å². The fourth-order valence-electron chi connectivity index (χ4n) is 3.16. The summed E-state index contributed by atoms with van der Waals surface area (Å²) in [6.45, 7) is 0.136. The van der Waals surface area contributed by atoms with Gasteiger partial charge in [-0.3, -0.25) is 4.79 Å². The number of rotatable bonds is 8. The van der Waals surface area contributed by atoms with Gasteiger partial charge in [0.1, 0.15) is 0 Å². The monoisotopic (exact) mass is 449 g/mol. The average molecular weight is 450 g/mol. The molecule has 8 nitrogen and oxygen atoms in total. The van der Waals surface area contributed by atoms with E-state index in [0.717, 1.165) is 37.3 Å². The SMILES string of the molecule is NS(=O)(=O)c1cccc(S(=O)(=O)N(Cc2ccc(C(=O)NC3CC3)cc2)C2CC2)c1. The number of carbonyl (C=O) groups excluding carboxylic acids is 1. The molecule has 1 amide bonds. The van der Waals surface area contributed by atoms with Gasteiger partial charge in [-0.05, 0) is 61.6 Å². The van der Waals surface area contributed by atoms with Crippen molar-refractivity contribution in [2.45, 2.75) is 54.1 Å². The Labute approximate surface area is 176 Å². The van der Waals surface area contributed by atoms with Gasteiger partial charge in [0.2, 0.25) is 20.0 Å². The molecule has 2 fully saturated rings. The first-order valence-corrected chi connectivity index (χ1v) is 12.7. The predicted molar refractivity (Wildman–Crippen MR) is 110 cm³/mol. The molecule has 0 radical (unpaired) electrons. The van der Waals surface area contributed by atoms with E-state index in [4.69, 9.17) is 5.14 Å². The van der Waals surface area contributed by atoms with Crippen LogP contribution >= 0.6 is 0 Å². The van der Waals surface area contributed by atoms with Crippen molar-refractivity contribution < 1.29 is 21.6 Å². The summed E-state index contributed by atoms with van der Waals surface area (Å²) in [6.07, 6.45) is 3.50. The van der Waals surface area contributed by atoms with Crippen molar-refractivity contribution in [3.8, 4) is 0 Å². The van der Waals surface area contributed by atoms with Crippen molar-refractivity contribution in [1.29, 1.82) is 0 Å². The molecule has 0 unspecified atom stereocenters. The Hall–Kier alpha value is -2.27. The minimum Gasteiger partial charge on any atom is -0.349 e. The number of nitrogens with two attached hydrogens (primary N) is 1. The minimum atomic E-state index is -4.01. The highest BCUT2D eigenvalue weighted by Crippen LogP contribution is 2.34. The van der Waals surface area contributed by atoms with Crippen LogP contribution in [0.1, 0.15) is 41.6 Å². The molecule has 160 valence electrons. The molecule has 2 aliphatic carbocycles. The van der Waals surface area contributed by atoms with Gasteiger partial charge in [0.15, 0.2) is 0 Å². The number of sulfonamides is 2. The van der Waals surface area contributed by atoms with Crippen LogP contribution < -0.4 is 10.5 Å². The largest absolute Gasteiger partial charge is 0.349 e. The number of primary sulfonamides is 1. The highest BCUT2D eigenvalue weighted by atomic mass is 32.2. The van der Waals surface area contributed by atoms with E-state index < -0.39 is 20.0 Å². The molecule has 0 atom stereocenters. The van der Waals surface area contributed by atoms with Gasteiger partial charge in [0.25, 0.3) is 5.91 Å². The average Bonchev–Trinajstić information content (AvgIpc) is 3.61. The lowest BCUT2D eigenvalue weighted by atomic mass is 10.1. The predicted octanol–water partition coefficient (Wildman–Crippen LogP) is 1.58. The van der Waals surface area contributed by atoms with Crippen LogP contribution in [-0.2, 0) is 26.6 Å². The first-order chi connectivity index (χ1) is 14.1. The van der Waals surface area contributed by atoms with Crippen molar-refractivity contribution in [2.75, 3.05) is 0 Å². The molecule has 10 heteroatoms. The summed E-state index contributed by atoms with van der Waals surface area (Å²) in [4.78, 5) is 11.8. The van der Waals surface area contributed by atoms with E-state index in [9.17, 15) is 21.6 Å². The Balaban J connectivity index is 1.56. The summed E-state index contributed by atoms with van der Waals surface area (Å²) >= 11 is 0. The standard InChI is InChI=1S/C20H23N3O5S2/c21-29(25,26)18-2-1-3-19(12-18)30(27,28)23(17-10-11-17)13-14-4-6-15(7-5-14)20(24)22-16-8-9-16/h1-7,12,16-17H,8-11,13H2,(H,22,24)(H2,21,25,26).